The second-order valence-electron chi connectivity index (χ2n) is 6.56. The second kappa shape index (κ2) is 8.55. The van der Waals surface area contributed by atoms with Crippen LogP contribution in [0.25, 0.3) is 0 Å². The summed E-state index contributed by atoms with van der Waals surface area (Å²) in [4.78, 5) is 31.2. The Labute approximate surface area is 146 Å². The topological polar surface area (TPSA) is 83.0 Å². The minimum Gasteiger partial charge on any atom is -0.480 e. The highest BCUT2D eigenvalue weighted by atomic mass is 32.1. The van der Waals surface area contributed by atoms with Gasteiger partial charge in [-0.2, -0.15) is 0 Å². The first-order chi connectivity index (χ1) is 11.3. The van der Waals surface area contributed by atoms with Crippen molar-refractivity contribution < 1.29 is 19.4 Å². The zero-order chi connectivity index (χ0) is 17.7. The normalized spacial score (nSPS) is 18.4. The molecule has 0 saturated carbocycles. The van der Waals surface area contributed by atoms with Crippen LogP contribution in [0, 0.1) is 5.92 Å². The predicted molar refractivity (Wildman–Crippen MR) is 91.4 cm³/mol. The molecule has 1 fully saturated rings. The van der Waals surface area contributed by atoms with Gasteiger partial charge in [-0.15, -0.1) is 11.3 Å². The van der Waals surface area contributed by atoms with E-state index < -0.39 is 5.97 Å². The Hall–Kier alpha value is -1.51. The highest BCUT2D eigenvalue weighted by molar-refractivity contribution is 7.09. The number of aromatic nitrogens is 1. The SMILES string of the molecule is CC(C)Cc1nc(C(=O)N2CCO[C@@H](CN(C)CC(=O)O)C2)cs1. The fourth-order valence-corrected chi connectivity index (χ4v) is 3.65. The average Bonchev–Trinajstić information content (AvgIpc) is 2.93. The Morgan fingerprint density at radius 3 is 2.96 bits per heavy atom. The van der Waals surface area contributed by atoms with Gasteiger partial charge in [0.25, 0.3) is 5.91 Å². The number of hydrogen-bond acceptors (Lipinski definition) is 6. The van der Waals surface area contributed by atoms with E-state index in [1.165, 1.54) is 11.3 Å². The third-order valence-corrected chi connectivity index (χ3v) is 4.57. The van der Waals surface area contributed by atoms with E-state index in [0.717, 1.165) is 11.4 Å². The maximum Gasteiger partial charge on any atom is 0.317 e. The molecule has 1 aromatic heterocycles. The lowest BCUT2D eigenvalue weighted by Gasteiger charge is -2.34. The summed E-state index contributed by atoms with van der Waals surface area (Å²) in [5, 5.41) is 11.6. The van der Waals surface area contributed by atoms with E-state index in [0.29, 0.717) is 37.9 Å². The van der Waals surface area contributed by atoms with Gasteiger partial charge in [-0.1, -0.05) is 13.8 Å². The zero-order valence-corrected chi connectivity index (χ0v) is 15.2. The Bertz CT molecular complexity index is 575. The quantitative estimate of drug-likeness (QED) is 0.791. The number of carboxylic acids is 1. The maximum atomic E-state index is 12.6. The molecule has 2 rings (SSSR count). The molecule has 0 unspecified atom stereocenters. The Morgan fingerprint density at radius 1 is 1.54 bits per heavy atom. The zero-order valence-electron chi connectivity index (χ0n) is 14.4. The van der Waals surface area contributed by atoms with Crippen LogP contribution in [0.5, 0.6) is 0 Å². The van der Waals surface area contributed by atoms with Gasteiger partial charge in [0.2, 0.25) is 0 Å². The standard InChI is InChI=1S/C16H25N3O4S/c1-11(2)6-14-17-13(10-24-14)16(22)19-4-5-23-12(8-19)7-18(3)9-15(20)21/h10-12H,4-9H2,1-3H3,(H,20,21)/t12-/m0/s1. The molecule has 8 heteroatoms. The van der Waals surface area contributed by atoms with E-state index in [9.17, 15) is 9.59 Å². The van der Waals surface area contributed by atoms with E-state index in [2.05, 4.69) is 18.8 Å². The number of nitrogens with zero attached hydrogens (tertiary/aromatic N) is 3. The van der Waals surface area contributed by atoms with Gasteiger partial charge in [-0.05, 0) is 13.0 Å². The molecule has 1 aromatic rings. The van der Waals surface area contributed by atoms with E-state index in [-0.39, 0.29) is 18.6 Å². The molecule has 0 aliphatic carbocycles. The van der Waals surface area contributed by atoms with E-state index in [4.69, 9.17) is 9.84 Å². The van der Waals surface area contributed by atoms with Crippen LogP contribution in [0.3, 0.4) is 0 Å². The molecular weight excluding hydrogens is 330 g/mol. The lowest BCUT2D eigenvalue weighted by atomic mass is 10.1. The molecule has 2 heterocycles. The van der Waals surface area contributed by atoms with Crippen molar-refractivity contribution in [3.63, 3.8) is 0 Å². The number of carbonyl (C=O) groups is 2. The van der Waals surface area contributed by atoms with Crippen molar-refractivity contribution in [2.75, 3.05) is 39.8 Å². The molecule has 1 aliphatic rings. The van der Waals surface area contributed by atoms with Gasteiger partial charge in [0.05, 0.1) is 24.3 Å². The molecule has 0 spiro atoms. The molecular formula is C16H25N3O4S. The second-order valence-corrected chi connectivity index (χ2v) is 7.50. The first kappa shape index (κ1) is 18.8. The smallest absolute Gasteiger partial charge is 0.317 e. The first-order valence-electron chi connectivity index (χ1n) is 8.10. The van der Waals surface area contributed by atoms with Crippen molar-refractivity contribution in [1.29, 1.82) is 0 Å². The summed E-state index contributed by atoms with van der Waals surface area (Å²) >= 11 is 1.53. The Balaban J connectivity index is 1.92. The highest BCUT2D eigenvalue weighted by Gasteiger charge is 2.27. The summed E-state index contributed by atoms with van der Waals surface area (Å²) in [5.41, 5.74) is 0.496. The first-order valence-corrected chi connectivity index (χ1v) is 8.98. The van der Waals surface area contributed by atoms with Gasteiger partial charge in [-0.3, -0.25) is 14.5 Å². The van der Waals surface area contributed by atoms with E-state index in [1.807, 2.05) is 5.38 Å². The van der Waals surface area contributed by atoms with Crippen LogP contribution >= 0.6 is 11.3 Å². The fourth-order valence-electron chi connectivity index (χ4n) is 2.67. The third kappa shape index (κ3) is 5.54. The van der Waals surface area contributed by atoms with Crippen molar-refractivity contribution in [1.82, 2.24) is 14.8 Å². The Morgan fingerprint density at radius 2 is 2.29 bits per heavy atom. The van der Waals surface area contributed by atoms with Crippen molar-refractivity contribution in [2.45, 2.75) is 26.4 Å². The number of rotatable bonds is 7. The van der Waals surface area contributed by atoms with Gasteiger partial charge in [0, 0.05) is 31.4 Å². The Kier molecular flexibility index (Phi) is 6.70. The average molecular weight is 355 g/mol. The molecule has 1 N–H and O–H groups in total. The van der Waals surface area contributed by atoms with E-state index >= 15 is 0 Å². The minimum atomic E-state index is -0.874. The number of morpholine rings is 1. The number of thiazole rings is 1. The predicted octanol–water partition coefficient (Wildman–Crippen LogP) is 1.20. The largest absolute Gasteiger partial charge is 0.480 e. The minimum absolute atomic E-state index is 0.0432. The third-order valence-electron chi connectivity index (χ3n) is 3.70. The van der Waals surface area contributed by atoms with Gasteiger partial charge >= 0.3 is 5.97 Å². The van der Waals surface area contributed by atoms with Crippen LogP contribution in [0.4, 0.5) is 0 Å². The van der Waals surface area contributed by atoms with Crippen molar-refractivity contribution in [3.05, 3.63) is 16.1 Å². The lowest BCUT2D eigenvalue weighted by Crippen LogP contribution is -2.49. The van der Waals surface area contributed by atoms with Gasteiger partial charge < -0.3 is 14.7 Å². The van der Waals surface area contributed by atoms with Gasteiger partial charge in [0.15, 0.2) is 0 Å². The molecule has 7 nitrogen and oxygen atoms in total. The molecule has 1 aliphatic heterocycles. The highest BCUT2D eigenvalue weighted by Crippen LogP contribution is 2.17. The lowest BCUT2D eigenvalue weighted by molar-refractivity contribution is -0.138. The molecule has 0 radical (unpaired) electrons. The number of amides is 1. The molecule has 0 bridgehead atoms. The summed E-state index contributed by atoms with van der Waals surface area (Å²) in [7, 11) is 1.73. The number of aliphatic carboxylic acids is 1. The summed E-state index contributed by atoms with van der Waals surface area (Å²) in [6.07, 6.45) is 0.699. The van der Waals surface area contributed by atoms with Gasteiger partial charge in [-0.25, -0.2) is 4.98 Å². The number of carbonyl (C=O) groups excluding carboxylic acids is 1. The van der Waals surface area contributed by atoms with Crippen LogP contribution < -0.4 is 0 Å². The molecule has 0 aromatic carbocycles. The monoisotopic (exact) mass is 355 g/mol. The van der Waals surface area contributed by atoms with Crippen LogP contribution in [-0.4, -0.2) is 77.7 Å². The fraction of sp³-hybridized carbons (Fsp3) is 0.688. The number of ether oxygens (including phenoxy) is 1. The summed E-state index contributed by atoms with van der Waals surface area (Å²) in [5.74, 6) is -0.437. The van der Waals surface area contributed by atoms with Crippen molar-refractivity contribution in [2.24, 2.45) is 5.92 Å². The maximum absolute atomic E-state index is 12.6. The van der Waals surface area contributed by atoms with Crippen LogP contribution in [0.1, 0.15) is 29.3 Å². The van der Waals surface area contributed by atoms with Crippen molar-refractivity contribution >= 4 is 23.2 Å². The number of carboxylic acid groups (broad SMARTS) is 1. The summed E-state index contributed by atoms with van der Waals surface area (Å²) in [6, 6.07) is 0. The number of hydrogen-bond donors (Lipinski definition) is 1. The van der Waals surface area contributed by atoms with Crippen LogP contribution in [0.2, 0.25) is 0 Å². The molecule has 134 valence electrons. The molecule has 24 heavy (non-hydrogen) atoms. The summed E-state index contributed by atoms with van der Waals surface area (Å²) < 4.78 is 5.66. The summed E-state index contributed by atoms with van der Waals surface area (Å²) in [6.45, 7) is 6.14. The van der Waals surface area contributed by atoms with Gasteiger partial charge in [0.1, 0.15) is 5.69 Å². The van der Waals surface area contributed by atoms with Crippen LogP contribution in [0.15, 0.2) is 5.38 Å². The van der Waals surface area contributed by atoms with E-state index in [1.54, 1.807) is 16.8 Å². The van der Waals surface area contributed by atoms with Crippen LogP contribution in [-0.2, 0) is 16.0 Å². The molecule has 1 amide bonds. The molecule has 1 atom stereocenters. The number of likely N-dealkylation sites (N-methyl/N-ethyl adjacent to an activating group) is 1. The van der Waals surface area contributed by atoms with Crippen molar-refractivity contribution in [3.8, 4) is 0 Å². The molecule has 1 saturated heterocycles.